The van der Waals surface area contributed by atoms with Crippen LogP contribution in [0, 0.1) is 23.0 Å². The molecule has 0 radical (unpaired) electrons. The number of unbranched alkanes of at least 4 members (excludes halogenated alkanes) is 9. The molecule has 2 N–H and O–H groups in total. The van der Waals surface area contributed by atoms with E-state index in [4.69, 9.17) is 9.72 Å². The first kappa shape index (κ1) is 44.4. The number of anilines is 1. The van der Waals surface area contributed by atoms with Crippen LogP contribution in [0.2, 0.25) is 0 Å². The number of hydrogen-bond acceptors (Lipinski definition) is 9. The molecule has 2 aliphatic rings. The number of nitriles is 1. The fourth-order valence-corrected chi connectivity index (χ4v) is 8.58. The third-order valence-corrected chi connectivity index (χ3v) is 12.0. The third-order valence-electron chi connectivity index (χ3n) is 12.0. The molecule has 3 aromatic heterocycles. The molecule has 1 aromatic carbocycles. The number of hydrogen-bond donors (Lipinski definition) is 2. The maximum Gasteiger partial charge on any atom is 0.254 e. The number of piperidine rings is 1. The van der Waals surface area contributed by atoms with Gasteiger partial charge in [-0.15, -0.1) is 0 Å². The number of carbonyl (C=O) groups is 2. The smallest absolute Gasteiger partial charge is 0.254 e. The second-order valence-corrected chi connectivity index (χ2v) is 16.3. The van der Waals surface area contributed by atoms with Crippen molar-refractivity contribution < 1.29 is 23.1 Å². The van der Waals surface area contributed by atoms with Crippen LogP contribution < -0.4 is 20.3 Å². The zero-order valence-electron chi connectivity index (χ0n) is 35.4. The molecule has 2 saturated heterocycles. The molecule has 2 amide bonds. The summed E-state index contributed by atoms with van der Waals surface area (Å²) in [6, 6.07) is 11.0. The Kier molecular flexibility index (Phi) is 16.2. The average molecular weight is 826 g/mol. The van der Waals surface area contributed by atoms with E-state index in [2.05, 4.69) is 31.6 Å². The van der Waals surface area contributed by atoms with E-state index < -0.39 is 23.1 Å². The Balaban J connectivity index is 1.04. The molecule has 322 valence electrons. The van der Waals surface area contributed by atoms with Crippen molar-refractivity contribution in [2.45, 2.75) is 95.9 Å². The Morgan fingerprint density at radius 3 is 2.23 bits per heavy atom. The Morgan fingerprint density at radius 2 is 1.58 bits per heavy atom. The standard InChI is InChI=1S/C46H61F2N9O3/c1-3-60-38-29-39(44-36(30-49)32-52-57(44)33-38)35-15-18-42(51-31-35)55-22-19-46(20-23-55,53-45(59)40-28-37(47)16-17-41(40)48)34-54-24-26-56(27-25-54)43(58)14-12-10-8-6-4-5-7-9-11-13-21-50-2/h15-18,28-29,31-33,50H,3-14,19-27,34H2,1-2H3,(H,53,59). The number of carbonyl (C=O) groups excluding carboxylic acids is 2. The molecule has 0 saturated carbocycles. The number of nitrogens with zero attached hydrogens (tertiary/aromatic N) is 7. The lowest BCUT2D eigenvalue weighted by molar-refractivity contribution is -0.133. The first-order valence-corrected chi connectivity index (χ1v) is 21.9. The molecule has 0 bridgehead atoms. The molecule has 14 heteroatoms. The van der Waals surface area contributed by atoms with Gasteiger partial charge in [-0.2, -0.15) is 10.4 Å². The molecule has 0 aliphatic carbocycles. The van der Waals surface area contributed by atoms with Gasteiger partial charge in [-0.3, -0.25) is 14.5 Å². The third kappa shape index (κ3) is 11.8. The molecule has 2 aliphatic heterocycles. The van der Waals surface area contributed by atoms with Crippen molar-refractivity contribution in [1.29, 1.82) is 5.26 Å². The van der Waals surface area contributed by atoms with Crippen LogP contribution in [-0.4, -0.2) is 108 Å². The van der Waals surface area contributed by atoms with Gasteiger partial charge in [0.05, 0.1) is 41.2 Å². The van der Waals surface area contributed by atoms with Gasteiger partial charge in [0.2, 0.25) is 5.91 Å². The predicted octanol–water partition coefficient (Wildman–Crippen LogP) is 7.37. The number of benzene rings is 1. The van der Waals surface area contributed by atoms with Crippen LogP contribution in [-0.2, 0) is 4.79 Å². The zero-order chi connectivity index (χ0) is 42.3. The van der Waals surface area contributed by atoms with Gasteiger partial charge >= 0.3 is 0 Å². The SMILES string of the molecule is CCOc1cc(-c2ccc(N3CCC(CN4CCN(C(=O)CCCCCCCCCCCCNC)CC4)(NC(=O)c4cc(F)ccc4F)CC3)nc2)c2c(C#N)cnn2c1. The van der Waals surface area contributed by atoms with E-state index in [9.17, 15) is 23.6 Å². The summed E-state index contributed by atoms with van der Waals surface area (Å²) in [7, 11) is 2.00. The zero-order valence-corrected chi connectivity index (χ0v) is 35.4. The predicted molar refractivity (Wildman–Crippen MR) is 230 cm³/mol. The number of amides is 2. The number of halogens is 2. The maximum absolute atomic E-state index is 14.8. The van der Waals surface area contributed by atoms with Gasteiger partial charge < -0.3 is 25.2 Å². The Hall–Kier alpha value is -5.13. The molecule has 4 aromatic rings. The van der Waals surface area contributed by atoms with Crippen molar-refractivity contribution in [3.05, 3.63) is 77.8 Å². The van der Waals surface area contributed by atoms with Crippen molar-refractivity contribution in [1.82, 2.24) is 35.0 Å². The highest BCUT2D eigenvalue weighted by Gasteiger charge is 2.39. The van der Waals surface area contributed by atoms with Gasteiger partial charge in [0, 0.05) is 69.6 Å². The van der Waals surface area contributed by atoms with Crippen LogP contribution in [0.25, 0.3) is 16.6 Å². The van der Waals surface area contributed by atoms with E-state index in [0.29, 0.717) is 88.5 Å². The minimum Gasteiger partial charge on any atom is -0.492 e. The van der Waals surface area contributed by atoms with Gasteiger partial charge in [-0.1, -0.05) is 51.4 Å². The van der Waals surface area contributed by atoms with Gasteiger partial charge in [-0.25, -0.2) is 18.3 Å². The Labute approximate surface area is 353 Å². The van der Waals surface area contributed by atoms with Gasteiger partial charge in [-0.05, 0) is 82.6 Å². The van der Waals surface area contributed by atoms with E-state index in [1.807, 2.05) is 37.1 Å². The molecule has 0 atom stereocenters. The summed E-state index contributed by atoms with van der Waals surface area (Å²) in [6.07, 6.45) is 18.9. The fourth-order valence-electron chi connectivity index (χ4n) is 8.58. The number of aromatic nitrogens is 3. The summed E-state index contributed by atoms with van der Waals surface area (Å²) in [4.78, 5) is 37.9. The number of nitrogens with one attached hydrogen (secondary N) is 2. The minimum atomic E-state index is -0.772. The van der Waals surface area contributed by atoms with Crippen molar-refractivity contribution in [3.8, 4) is 22.9 Å². The van der Waals surface area contributed by atoms with Crippen LogP contribution in [0.3, 0.4) is 0 Å². The van der Waals surface area contributed by atoms with Crippen LogP contribution in [0.5, 0.6) is 5.75 Å². The molecule has 12 nitrogen and oxygen atoms in total. The lowest BCUT2D eigenvalue weighted by atomic mass is 9.86. The molecule has 0 spiro atoms. The molecular formula is C46H61F2N9O3. The fraction of sp³-hybridized carbons (Fsp3) is 0.543. The minimum absolute atomic E-state index is 0.203. The number of fused-ring (bicyclic) bond motifs is 1. The molecule has 2 fully saturated rings. The number of ether oxygens (including phenoxy) is 1. The summed E-state index contributed by atoms with van der Waals surface area (Å²) in [5, 5.41) is 20.5. The normalized spacial score (nSPS) is 15.6. The van der Waals surface area contributed by atoms with Crippen LogP contribution in [0.15, 0.2) is 55.0 Å². The quantitative estimate of drug-likeness (QED) is 0.0828. The van der Waals surface area contributed by atoms with E-state index in [1.54, 1.807) is 16.9 Å². The Morgan fingerprint density at radius 1 is 0.883 bits per heavy atom. The summed E-state index contributed by atoms with van der Waals surface area (Å²) in [5.41, 5.74) is 1.68. The summed E-state index contributed by atoms with van der Waals surface area (Å²) in [5.74, 6) is -0.495. The van der Waals surface area contributed by atoms with Crippen molar-refractivity contribution in [2.75, 3.05) is 70.9 Å². The van der Waals surface area contributed by atoms with Crippen LogP contribution >= 0.6 is 0 Å². The summed E-state index contributed by atoms with van der Waals surface area (Å²) in [6.45, 7) is 7.72. The summed E-state index contributed by atoms with van der Waals surface area (Å²) < 4.78 is 36.4. The monoisotopic (exact) mass is 825 g/mol. The van der Waals surface area contributed by atoms with E-state index >= 15 is 0 Å². The van der Waals surface area contributed by atoms with E-state index in [1.165, 1.54) is 57.6 Å². The molecule has 60 heavy (non-hydrogen) atoms. The van der Waals surface area contributed by atoms with Gasteiger partial charge in [0.25, 0.3) is 5.91 Å². The van der Waals surface area contributed by atoms with Crippen LogP contribution in [0.4, 0.5) is 14.6 Å². The van der Waals surface area contributed by atoms with Crippen molar-refractivity contribution >= 4 is 23.1 Å². The lowest BCUT2D eigenvalue weighted by Crippen LogP contribution is -2.62. The second kappa shape index (κ2) is 21.9. The Bertz CT molecular complexity index is 2050. The van der Waals surface area contributed by atoms with Gasteiger partial charge in [0.15, 0.2) is 0 Å². The highest BCUT2D eigenvalue weighted by Crippen LogP contribution is 2.33. The highest BCUT2D eigenvalue weighted by molar-refractivity contribution is 5.95. The molecular weight excluding hydrogens is 765 g/mol. The highest BCUT2D eigenvalue weighted by atomic mass is 19.1. The van der Waals surface area contributed by atoms with E-state index in [0.717, 1.165) is 54.5 Å². The number of piperazine rings is 1. The molecule has 5 heterocycles. The number of pyridine rings is 2. The van der Waals surface area contributed by atoms with Crippen molar-refractivity contribution in [2.24, 2.45) is 0 Å². The topological polar surface area (TPSA) is 131 Å². The van der Waals surface area contributed by atoms with Crippen molar-refractivity contribution in [3.63, 3.8) is 0 Å². The maximum atomic E-state index is 14.8. The first-order chi connectivity index (χ1) is 29.2. The largest absolute Gasteiger partial charge is 0.492 e. The second-order valence-electron chi connectivity index (χ2n) is 16.3. The average Bonchev–Trinajstić information content (AvgIpc) is 3.68. The summed E-state index contributed by atoms with van der Waals surface area (Å²) >= 11 is 0. The first-order valence-electron chi connectivity index (χ1n) is 21.9. The number of rotatable bonds is 21. The molecule has 0 unspecified atom stereocenters. The van der Waals surface area contributed by atoms with Gasteiger partial charge in [0.1, 0.15) is 29.3 Å². The lowest BCUT2D eigenvalue weighted by Gasteiger charge is -2.46. The van der Waals surface area contributed by atoms with E-state index in [-0.39, 0.29) is 11.5 Å². The molecule has 6 rings (SSSR count). The van der Waals surface area contributed by atoms with Crippen LogP contribution in [0.1, 0.15) is 106 Å².